The lowest BCUT2D eigenvalue weighted by molar-refractivity contribution is 0.321. The second-order valence-electron chi connectivity index (χ2n) is 3.18. The van der Waals surface area contributed by atoms with Gasteiger partial charge in [0.2, 0.25) is 0 Å². The van der Waals surface area contributed by atoms with Crippen LogP contribution in [0.25, 0.3) is 0 Å². The van der Waals surface area contributed by atoms with E-state index in [1.165, 1.54) is 11.8 Å². The molecule has 2 rings (SSSR count). The van der Waals surface area contributed by atoms with Crippen LogP contribution in [-0.4, -0.2) is 21.0 Å². The van der Waals surface area contributed by atoms with Gasteiger partial charge >= 0.3 is 0 Å². The highest BCUT2D eigenvalue weighted by Gasteiger charge is 1.99. The predicted octanol–water partition coefficient (Wildman–Crippen LogP) is 1.74. The van der Waals surface area contributed by atoms with E-state index in [4.69, 9.17) is 5.21 Å². The summed E-state index contributed by atoms with van der Waals surface area (Å²) in [6, 6.07) is 10.0. The molecule has 0 radical (unpaired) electrons. The maximum absolute atomic E-state index is 8.46. The molecular weight excluding hydrogens is 190 g/mol. The third-order valence-corrected chi connectivity index (χ3v) is 2.13. The number of hydrogen-bond donors (Lipinski definition) is 1. The summed E-state index contributed by atoms with van der Waals surface area (Å²) in [7, 11) is 0. The minimum absolute atomic E-state index is 0.724. The van der Waals surface area contributed by atoms with Crippen LogP contribution in [0.2, 0.25) is 0 Å². The van der Waals surface area contributed by atoms with Crippen LogP contribution in [0.3, 0.4) is 0 Å². The van der Waals surface area contributed by atoms with Gasteiger partial charge in [0.1, 0.15) is 0 Å². The van der Waals surface area contributed by atoms with E-state index in [-0.39, 0.29) is 0 Å². The molecule has 4 heteroatoms. The van der Waals surface area contributed by atoms with Crippen LogP contribution in [0.5, 0.6) is 0 Å². The lowest BCUT2D eigenvalue weighted by Gasteiger charge is -2.04. The Labute approximate surface area is 87.5 Å². The summed E-state index contributed by atoms with van der Waals surface area (Å²) in [6.07, 6.45) is 4.74. The molecule has 0 bridgehead atoms. The summed E-state index contributed by atoms with van der Waals surface area (Å²) in [5.74, 6) is 0. The van der Waals surface area contributed by atoms with Gasteiger partial charge in [0.05, 0.1) is 24.4 Å². The van der Waals surface area contributed by atoms with Crippen LogP contribution < -0.4 is 0 Å². The Morgan fingerprint density at radius 2 is 2.13 bits per heavy atom. The second-order valence-corrected chi connectivity index (χ2v) is 3.18. The summed E-state index contributed by atoms with van der Waals surface area (Å²) in [6.45, 7) is 0.724. The highest BCUT2D eigenvalue weighted by molar-refractivity contribution is 5.76. The number of benzene rings is 1. The lowest BCUT2D eigenvalue weighted by atomic mass is 10.2. The van der Waals surface area contributed by atoms with E-state index in [0.29, 0.717) is 0 Å². The van der Waals surface area contributed by atoms with Crippen LogP contribution in [0, 0.1) is 0 Å². The first-order valence-corrected chi connectivity index (χ1v) is 4.61. The first-order chi connectivity index (χ1) is 7.40. The highest BCUT2D eigenvalue weighted by atomic mass is 16.4. The molecule has 0 saturated carbocycles. The molecule has 2 aromatic rings. The first-order valence-electron chi connectivity index (χ1n) is 4.61. The Morgan fingerprint density at radius 3 is 2.87 bits per heavy atom. The fraction of sp³-hybridized carbons (Fsp3) is 0.0909. The fourth-order valence-corrected chi connectivity index (χ4v) is 1.41. The maximum Gasteiger partial charge on any atom is 0.0954 e. The Balaban J connectivity index is 2.21. The Morgan fingerprint density at radius 1 is 1.33 bits per heavy atom. The predicted molar refractivity (Wildman–Crippen MR) is 57.2 cm³/mol. The van der Waals surface area contributed by atoms with Crippen molar-refractivity contribution in [3.63, 3.8) is 0 Å². The summed E-state index contributed by atoms with van der Waals surface area (Å²) in [4.78, 5) is 4.00. The standard InChI is InChI=1S/C11H11N3O/c15-13-7-11-6-12-9-14(11)8-10-4-2-1-3-5-10/h1-7,9,15H,8H2/b13-7+. The van der Waals surface area contributed by atoms with E-state index in [1.54, 1.807) is 12.5 Å². The van der Waals surface area contributed by atoms with Crippen molar-refractivity contribution >= 4 is 6.21 Å². The van der Waals surface area contributed by atoms with Crippen molar-refractivity contribution in [1.82, 2.24) is 9.55 Å². The topological polar surface area (TPSA) is 50.4 Å². The zero-order chi connectivity index (χ0) is 10.5. The van der Waals surface area contributed by atoms with Gasteiger partial charge in [-0.15, -0.1) is 0 Å². The molecule has 0 aliphatic heterocycles. The minimum atomic E-state index is 0.724. The molecule has 0 unspecified atom stereocenters. The van der Waals surface area contributed by atoms with E-state index in [9.17, 15) is 0 Å². The zero-order valence-electron chi connectivity index (χ0n) is 8.11. The first kappa shape index (κ1) is 9.45. The van der Waals surface area contributed by atoms with Crippen LogP contribution in [0.15, 0.2) is 48.0 Å². The number of nitrogens with zero attached hydrogens (tertiary/aromatic N) is 3. The van der Waals surface area contributed by atoms with Crippen LogP contribution >= 0.6 is 0 Å². The number of aromatic nitrogens is 2. The van der Waals surface area contributed by atoms with Gasteiger partial charge in [0.25, 0.3) is 0 Å². The van der Waals surface area contributed by atoms with Gasteiger partial charge in [-0.1, -0.05) is 35.5 Å². The molecule has 0 fully saturated rings. The average molecular weight is 201 g/mol. The molecule has 0 aliphatic carbocycles. The van der Waals surface area contributed by atoms with Crippen molar-refractivity contribution in [2.45, 2.75) is 6.54 Å². The van der Waals surface area contributed by atoms with Gasteiger partial charge in [0.15, 0.2) is 0 Å². The van der Waals surface area contributed by atoms with E-state index in [0.717, 1.165) is 12.2 Å². The fourth-order valence-electron chi connectivity index (χ4n) is 1.41. The third-order valence-electron chi connectivity index (χ3n) is 2.13. The number of imidazole rings is 1. The molecular formula is C11H11N3O. The lowest BCUT2D eigenvalue weighted by Crippen LogP contribution is -2.02. The molecule has 1 aromatic carbocycles. The summed E-state index contributed by atoms with van der Waals surface area (Å²) < 4.78 is 1.91. The molecule has 0 saturated heterocycles. The van der Waals surface area contributed by atoms with Crippen molar-refractivity contribution in [2.75, 3.05) is 0 Å². The second kappa shape index (κ2) is 4.41. The van der Waals surface area contributed by atoms with Gasteiger partial charge in [-0.05, 0) is 5.56 Å². The Hall–Kier alpha value is -2.10. The smallest absolute Gasteiger partial charge is 0.0954 e. The quantitative estimate of drug-likeness (QED) is 0.467. The minimum Gasteiger partial charge on any atom is -0.411 e. The SMILES string of the molecule is O/N=C/c1cncn1Cc1ccccc1. The number of hydrogen-bond acceptors (Lipinski definition) is 3. The highest BCUT2D eigenvalue weighted by Crippen LogP contribution is 2.04. The monoisotopic (exact) mass is 201 g/mol. The van der Waals surface area contributed by atoms with E-state index in [2.05, 4.69) is 10.1 Å². The molecule has 0 aliphatic rings. The molecule has 76 valence electrons. The van der Waals surface area contributed by atoms with E-state index in [1.807, 2.05) is 34.9 Å². The van der Waals surface area contributed by atoms with Gasteiger partial charge in [-0.3, -0.25) is 0 Å². The van der Waals surface area contributed by atoms with Crippen LogP contribution in [0.1, 0.15) is 11.3 Å². The molecule has 1 aromatic heterocycles. The van der Waals surface area contributed by atoms with E-state index < -0.39 is 0 Å². The van der Waals surface area contributed by atoms with Crippen LogP contribution in [-0.2, 0) is 6.54 Å². The third kappa shape index (κ3) is 2.22. The Bertz CT molecular complexity index is 448. The Kier molecular flexibility index (Phi) is 2.78. The van der Waals surface area contributed by atoms with Gasteiger partial charge in [-0.2, -0.15) is 0 Å². The van der Waals surface area contributed by atoms with Crippen LogP contribution in [0.4, 0.5) is 0 Å². The summed E-state index contributed by atoms with van der Waals surface area (Å²) in [5.41, 5.74) is 1.96. The largest absolute Gasteiger partial charge is 0.411 e. The molecule has 1 heterocycles. The van der Waals surface area contributed by atoms with Crippen molar-refractivity contribution < 1.29 is 5.21 Å². The van der Waals surface area contributed by atoms with Crippen molar-refractivity contribution in [1.29, 1.82) is 0 Å². The molecule has 4 nitrogen and oxygen atoms in total. The van der Waals surface area contributed by atoms with E-state index >= 15 is 0 Å². The van der Waals surface area contributed by atoms with Crippen molar-refractivity contribution in [3.8, 4) is 0 Å². The molecule has 0 atom stereocenters. The maximum atomic E-state index is 8.46. The normalized spacial score (nSPS) is 10.9. The summed E-state index contributed by atoms with van der Waals surface area (Å²) in [5, 5.41) is 11.5. The van der Waals surface area contributed by atoms with Gasteiger partial charge in [-0.25, -0.2) is 4.98 Å². The molecule has 15 heavy (non-hydrogen) atoms. The van der Waals surface area contributed by atoms with Crippen molar-refractivity contribution in [3.05, 3.63) is 54.1 Å². The van der Waals surface area contributed by atoms with Gasteiger partial charge < -0.3 is 9.77 Å². The van der Waals surface area contributed by atoms with Crippen molar-refractivity contribution in [2.24, 2.45) is 5.16 Å². The average Bonchev–Trinajstić information content (AvgIpc) is 2.68. The molecule has 1 N–H and O–H groups in total. The molecule has 0 amide bonds. The number of oxime groups is 1. The van der Waals surface area contributed by atoms with Gasteiger partial charge in [0, 0.05) is 6.54 Å². The summed E-state index contributed by atoms with van der Waals surface area (Å²) >= 11 is 0. The molecule has 0 spiro atoms. The zero-order valence-corrected chi connectivity index (χ0v) is 8.11. The number of rotatable bonds is 3.